The highest BCUT2D eigenvalue weighted by molar-refractivity contribution is 6.04. The van der Waals surface area contributed by atoms with Gasteiger partial charge in [0, 0.05) is 43.3 Å². The Morgan fingerprint density at radius 1 is 1.11 bits per heavy atom. The highest BCUT2D eigenvalue weighted by Gasteiger charge is 2.26. The summed E-state index contributed by atoms with van der Waals surface area (Å²) in [7, 11) is 0. The van der Waals surface area contributed by atoms with Crippen LogP contribution in [0.2, 0.25) is 0 Å². The van der Waals surface area contributed by atoms with E-state index in [1.54, 1.807) is 41.6 Å². The van der Waals surface area contributed by atoms with Crippen molar-refractivity contribution in [2.24, 2.45) is 5.92 Å². The number of carbonyl (C=O) groups excluding carboxylic acids is 2. The van der Waals surface area contributed by atoms with Crippen LogP contribution in [0.1, 0.15) is 28.8 Å². The van der Waals surface area contributed by atoms with Gasteiger partial charge >= 0.3 is 12.0 Å². The normalized spacial score (nSPS) is 14.4. The maximum Gasteiger partial charge on any atom is 0.317 e. The van der Waals surface area contributed by atoms with Crippen LogP contribution in [0.15, 0.2) is 48.8 Å². The number of carbonyl (C=O) groups is 3. The number of nitrogens with one attached hydrogen (secondary N) is 2. The van der Waals surface area contributed by atoms with E-state index < -0.39 is 5.97 Å². The van der Waals surface area contributed by atoms with E-state index in [-0.39, 0.29) is 17.9 Å². The molecule has 0 saturated carbocycles. The van der Waals surface area contributed by atoms with E-state index in [0.29, 0.717) is 43.7 Å². The first-order chi connectivity index (χ1) is 13.5. The number of anilines is 1. The first kappa shape index (κ1) is 19.3. The third-order valence-corrected chi connectivity index (χ3v) is 4.70. The lowest BCUT2D eigenvalue weighted by molar-refractivity contribution is -0.143. The van der Waals surface area contributed by atoms with E-state index in [0.717, 1.165) is 5.56 Å². The van der Waals surface area contributed by atoms with Gasteiger partial charge in [0.15, 0.2) is 0 Å². The van der Waals surface area contributed by atoms with Crippen molar-refractivity contribution in [2.75, 3.05) is 18.4 Å². The number of nitrogens with zero attached hydrogens (tertiary/aromatic N) is 2. The van der Waals surface area contributed by atoms with Gasteiger partial charge < -0.3 is 20.6 Å². The SMILES string of the molecule is O=C(Nc1cccc(CNC(=O)N2CCC(C(=O)O)CC2)c1)c1ccncc1. The summed E-state index contributed by atoms with van der Waals surface area (Å²) >= 11 is 0. The average molecular weight is 382 g/mol. The highest BCUT2D eigenvalue weighted by Crippen LogP contribution is 2.17. The molecule has 146 valence electrons. The minimum Gasteiger partial charge on any atom is -0.481 e. The lowest BCUT2D eigenvalue weighted by Crippen LogP contribution is -2.45. The standard InChI is InChI=1S/C20H22N4O4/c25-18(15-4-8-21-9-5-15)23-17-3-1-2-14(12-17)13-22-20(28)24-10-6-16(7-11-24)19(26)27/h1-5,8-9,12,16H,6-7,10-11,13H2,(H,22,28)(H,23,25)(H,26,27). The van der Waals surface area contributed by atoms with Crippen molar-refractivity contribution >= 4 is 23.6 Å². The van der Waals surface area contributed by atoms with Gasteiger partial charge in [-0.2, -0.15) is 0 Å². The predicted octanol–water partition coefficient (Wildman–Crippen LogP) is 2.34. The Kier molecular flexibility index (Phi) is 6.21. The summed E-state index contributed by atoms with van der Waals surface area (Å²) in [6, 6.07) is 10.3. The van der Waals surface area contributed by atoms with Crippen molar-refractivity contribution in [3.8, 4) is 0 Å². The molecule has 1 aromatic heterocycles. The fourth-order valence-corrected chi connectivity index (χ4v) is 3.08. The van der Waals surface area contributed by atoms with Crippen LogP contribution < -0.4 is 10.6 Å². The summed E-state index contributed by atoms with van der Waals surface area (Å²) in [6.07, 6.45) is 4.05. The monoisotopic (exact) mass is 382 g/mol. The molecule has 0 unspecified atom stereocenters. The topological polar surface area (TPSA) is 112 Å². The molecule has 2 aromatic rings. The third-order valence-electron chi connectivity index (χ3n) is 4.70. The number of likely N-dealkylation sites (tertiary alicyclic amines) is 1. The summed E-state index contributed by atoms with van der Waals surface area (Å²) in [4.78, 5) is 41.0. The number of hydrogen-bond donors (Lipinski definition) is 3. The first-order valence-electron chi connectivity index (χ1n) is 9.09. The van der Waals surface area contributed by atoms with E-state index in [1.807, 2.05) is 12.1 Å². The largest absolute Gasteiger partial charge is 0.481 e. The number of amides is 3. The van der Waals surface area contributed by atoms with E-state index in [4.69, 9.17) is 5.11 Å². The first-order valence-corrected chi connectivity index (χ1v) is 9.09. The zero-order valence-corrected chi connectivity index (χ0v) is 15.3. The Balaban J connectivity index is 1.51. The molecule has 1 fully saturated rings. The molecule has 1 aromatic carbocycles. The molecule has 8 heteroatoms. The Morgan fingerprint density at radius 3 is 2.50 bits per heavy atom. The fourth-order valence-electron chi connectivity index (χ4n) is 3.08. The molecule has 0 bridgehead atoms. The predicted molar refractivity (Wildman–Crippen MR) is 103 cm³/mol. The van der Waals surface area contributed by atoms with Crippen LogP contribution in [0.25, 0.3) is 0 Å². The second kappa shape index (κ2) is 8.98. The summed E-state index contributed by atoms with van der Waals surface area (Å²) in [5.41, 5.74) is 2.00. The third kappa shape index (κ3) is 5.06. The summed E-state index contributed by atoms with van der Waals surface area (Å²) in [6.45, 7) is 1.19. The molecular weight excluding hydrogens is 360 g/mol. The van der Waals surface area contributed by atoms with Crippen molar-refractivity contribution in [3.05, 3.63) is 59.9 Å². The molecule has 3 N–H and O–H groups in total. The summed E-state index contributed by atoms with van der Waals surface area (Å²) < 4.78 is 0. The Hall–Kier alpha value is -3.42. The van der Waals surface area contributed by atoms with Crippen molar-refractivity contribution in [2.45, 2.75) is 19.4 Å². The maximum atomic E-state index is 12.3. The molecular formula is C20H22N4O4. The van der Waals surface area contributed by atoms with E-state index in [2.05, 4.69) is 15.6 Å². The number of rotatable bonds is 5. The number of urea groups is 1. The zero-order valence-electron chi connectivity index (χ0n) is 15.3. The smallest absolute Gasteiger partial charge is 0.317 e. The number of pyridine rings is 1. The zero-order chi connectivity index (χ0) is 19.9. The minimum absolute atomic E-state index is 0.213. The molecule has 3 rings (SSSR count). The fraction of sp³-hybridized carbons (Fsp3) is 0.300. The number of hydrogen-bond acceptors (Lipinski definition) is 4. The van der Waals surface area contributed by atoms with Gasteiger partial charge in [-0.15, -0.1) is 0 Å². The van der Waals surface area contributed by atoms with Crippen molar-refractivity contribution in [1.82, 2.24) is 15.2 Å². The van der Waals surface area contributed by atoms with Crippen molar-refractivity contribution in [3.63, 3.8) is 0 Å². The molecule has 0 aliphatic carbocycles. The highest BCUT2D eigenvalue weighted by atomic mass is 16.4. The molecule has 0 atom stereocenters. The lowest BCUT2D eigenvalue weighted by atomic mass is 9.97. The van der Waals surface area contributed by atoms with Crippen LogP contribution in [-0.2, 0) is 11.3 Å². The Labute approximate surface area is 162 Å². The Bertz CT molecular complexity index is 848. The van der Waals surface area contributed by atoms with Gasteiger partial charge in [0.25, 0.3) is 5.91 Å². The summed E-state index contributed by atoms with van der Waals surface area (Å²) in [5.74, 6) is -1.40. The number of piperidine rings is 1. The molecule has 0 spiro atoms. The van der Waals surface area contributed by atoms with E-state index >= 15 is 0 Å². The van der Waals surface area contributed by atoms with Gasteiger partial charge in [-0.05, 0) is 42.7 Å². The van der Waals surface area contributed by atoms with Gasteiger partial charge in [-0.25, -0.2) is 4.79 Å². The van der Waals surface area contributed by atoms with Crippen molar-refractivity contribution in [1.29, 1.82) is 0 Å². The second-order valence-electron chi connectivity index (χ2n) is 6.65. The molecule has 28 heavy (non-hydrogen) atoms. The lowest BCUT2D eigenvalue weighted by Gasteiger charge is -2.30. The van der Waals surface area contributed by atoms with Gasteiger partial charge in [-0.3, -0.25) is 14.6 Å². The van der Waals surface area contributed by atoms with Gasteiger partial charge in [0.2, 0.25) is 0 Å². The minimum atomic E-state index is -0.800. The molecule has 1 aliphatic heterocycles. The number of carboxylic acids is 1. The quantitative estimate of drug-likeness (QED) is 0.735. The van der Waals surface area contributed by atoms with Crippen LogP contribution in [0, 0.1) is 5.92 Å². The Morgan fingerprint density at radius 2 is 1.82 bits per heavy atom. The van der Waals surface area contributed by atoms with Gasteiger partial charge in [0.1, 0.15) is 0 Å². The summed E-state index contributed by atoms with van der Waals surface area (Å²) in [5, 5.41) is 14.7. The number of benzene rings is 1. The molecule has 8 nitrogen and oxygen atoms in total. The van der Waals surface area contributed by atoms with Gasteiger partial charge in [-0.1, -0.05) is 12.1 Å². The molecule has 0 radical (unpaired) electrons. The van der Waals surface area contributed by atoms with Crippen LogP contribution in [0.4, 0.5) is 10.5 Å². The number of aromatic nitrogens is 1. The van der Waals surface area contributed by atoms with Crippen LogP contribution in [0.5, 0.6) is 0 Å². The number of carboxylic acid groups (broad SMARTS) is 1. The maximum absolute atomic E-state index is 12.3. The molecule has 2 heterocycles. The van der Waals surface area contributed by atoms with Gasteiger partial charge in [0.05, 0.1) is 5.92 Å². The molecule has 1 saturated heterocycles. The molecule has 3 amide bonds. The molecule has 1 aliphatic rings. The second-order valence-corrected chi connectivity index (χ2v) is 6.65. The van der Waals surface area contributed by atoms with E-state index in [9.17, 15) is 14.4 Å². The number of aliphatic carboxylic acids is 1. The van der Waals surface area contributed by atoms with E-state index in [1.165, 1.54) is 0 Å². The van der Waals surface area contributed by atoms with Crippen LogP contribution >= 0.6 is 0 Å². The average Bonchev–Trinajstić information content (AvgIpc) is 2.73. The van der Waals surface area contributed by atoms with Crippen LogP contribution in [-0.4, -0.2) is 46.0 Å². The van der Waals surface area contributed by atoms with Crippen molar-refractivity contribution < 1.29 is 19.5 Å². The van der Waals surface area contributed by atoms with Crippen LogP contribution in [0.3, 0.4) is 0 Å².